The predicted octanol–water partition coefficient (Wildman–Crippen LogP) is 3.62. The summed E-state index contributed by atoms with van der Waals surface area (Å²) in [5.74, 6) is 0.823. The fraction of sp³-hybridized carbons (Fsp3) is 1.00. The van der Waals surface area contributed by atoms with Crippen LogP contribution in [-0.2, 0) is 14.2 Å². The topological polar surface area (TPSA) is 27.7 Å². The van der Waals surface area contributed by atoms with E-state index in [0.29, 0.717) is 25.4 Å². The molecule has 0 N–H and O–H groups in total. The van der Waals surface area contributed by atoms with Gasteiger partial charge in [-0.25, -0.2) is 0 Å². The molecule has 0 amide bonds. The molecule has 0 radical (unpaired) electrons. The maximum Gasteiger partial charge on any atom is 0.147 e. The van der Waals surface area contributed by atoms with Crippen molar-refractivity contribution in [3.63, 3.8) is 0 Å². The van der Waals surface area contributed by atoms with Gasteiger partial charge in [-0.15, -0.1) is 0 Å². The summed E-state index contributed by atoms with van der Waals surface area (Å²) in [5, 5.41) is 0. The van der Waals surface area contributed by atoms with E-state index in [4.69, 9.17) is 14.2 Å². The second-order valence-electron chi connectivity index (χ2n) is 6.75. The Kier molecular flexibility index (Phi) is 6.09. The summed E-state index contributed by atoms with van der Waals surface area (Å²) in [6.45, 7) is 10.9. The largest absolute Gasteiger partial charge is 0.382 e. The van der Waals surface area contributed by atoms with Gasteiger partial charge in [-0.2, -0.15) is 0 Å². The maximum atomic E-state index is 5.90. The first-order valence-electron chi connectivity index (χ1n) is 7.08. The average Bonchev–Trinajstić information content (AvgIpc) is 2.28. The molecule has 0 saturated heterocycles. The molecular formula is C15H30O3. The van der Waals surface area contributed by atoms with Gasteiger partial charge in [0.2, 0.25) is 0 Å². The molecule has 0 unspecified atom stereocenters. The molecule has 1 rings (SSSR count). The molecule has 0 heterocycles. The molecule has 0 aliphatic heterocycles. The zero-order valence-corrected chi connectivity index (χ0v) is 12.8. The normalized spacial score (nSPS) is 29.5. The van der Waals surface area contributed by atoms with E-state index in [-0.39, 0.29) is 5.60 Å². The van der Waals surface area contributed by atoms with Gasteiger partial charge in [-0.1, -0.05) is 20.8 Å². The third-order valence-corrected chi connectivity index (χ3v) is 4.19. The highest BCUT2D eigenvalue weighted by atomic mass is 16.7. The first-order valence-corrected chi connectivity index (χ1v) is 7.08. The van der Waals surface area contributed by atoms with Gasteiger partial charge in [0.25, 0.3) is 0 Å². The van der Waals surface area contributed by atoms with E-state index in [9.17, 15) is 0 Å². The molecule has 108 valence electrons. The summed E-state index contributed by atoms with van der Waals surface area (Å²) in [5.41, 5.74) is 0.436. The Morgan fingerprint density at radius 1 is 1.11 bits per heavy atom. The molecule has 1 fully saturated rings. The second kappa shape index (κ2) is 6.88. The van der Waals surface area contributed by atoms with Crippen molar-refractivity contribution in [1.29, 1.82) is 0 Å². The number of methoxy groups -OCH3 is 1. The average molecular weight is 258 g/mol. The van der Waals surface area contributed by atoms with Crippen LogP contribution in [0.4, 0.5) is 0 Å². The van der Waals surface area contributed by atoms with Crippen LogP contribution in [0.3, 0.4) is 0 Å². The third-order valence-electron chi connectivity index (χ3n) is 4.19. The third kappa shape index (κ3) is 5.25. The molecular weight excluding hydrogens is 228 g/mol. The van der Waals surface area contributed by atoms with Crippen molar-refractivity contribution in [2.75, 3.05) is 27.1 Å². The van der Waals surface area contributed by atoms with Crippen molar-refractivity contribution < 1.29 is 14.2 Å². The summed E-state index contributed by atoms with van der Waals surface area (Å²) in [4.78, 5) is 0. The van der Waals surface area contributed by atoms with E-state index >= 15 is 0 Å². The molecule has 0 aromatic heterocycles. The number of ether oxygens (including phenoxy) is 3. The van der Waals surface area contributed by atoms with Crippen LogP contribution in [0.5, 0.6) is 0 Å². The van der Waals surface area contributed by atoms with Gasteiger partial charge in [-0.3, -0.25) is 0 Å². The van der Waals surface area contributed by atoms with Gasteiger partial charge in [0.15, 0.2) is 0 Å². The van der Waals surface area contributed by atoms with Crippen molar-refractivity contribution in [3.8, 4) is 0 Å². The van der Waals surface area contributed by atoms with Gasteiger partial charge in [-0.05, 0) is 43.9 Å². The molecule has 1 aliphatic rings. The SMILES string of the molecule is COCCOCOC1(C)CCC(C(C)(C)C)CC1. The zero-order chi connectivity index (χ0) is 13.6. The minimum absolute atomic E-state index is 0.00875. The Hall–Kier alpha value is -0.120. The van der Waals surface area contributed by atoms with Crippen LogP contribution in [0.1, 0.15) is 53.4 Å². The first-order chi connectivity index (χ1) is 8.37. The monoisotopic (exact) mass is 258 g/mol. The van der Waals surface area contributed by atoms with Crippen LogP contribution in [0.2, 0.25) is 0 Å². The van der Waals surface area contributed by atoms with Gasteiger partial charge >= 0.3 is 0 Å². The maximum absolute atomic E-state index is 5.90. The Morgan fingerprint density at radius 3 is 2.22 bits per heavy atom. The Morgan fingerprint density at radius 2 is 1.72 bits per heavy atom. The fourth-order valence-electron chi connectivity index (χ4n) is 2.62. The first kappa shape index (κ1) is 15.9. The molecule has 0 aromatic rings. The Bertz CT molecular complexity index is 224. The minimum Gasteiger partial charge on any atom is -0.382 e. The number of hydrogen-bond acceptors (Lipinski definition) is 3. The van der Waals surface area contributed by atoms with Gasteiger partial charge in [0.1, 0.15) is 6.79 Å². The van der Waals surface area contributed by atoms with Crippen LogP contribution in [0, 0.1) is 11.3 Å². The van der Waals surface area contributed by atoms with Crippen molar-refractivity contribution >= 4 is 0 Å². The summed E-state index contributed by atoms with van der Waals surface area (Å²) >= 11 is 0. The molecule has 3 nitrogen and oxygen atoms in total. The molecule has 0 aromatic carbocycles. The van der Waals surface area contributed by atoms with E-state index < -0.39 is 0 Å². The summed E-state index contributed by atoms with van der Waals surface area (Å²) in [7, 11) is 1.68. The molecule has 0 spiro atoms. The zero-order valence-electron chi connectivity index (χ0n) is 12.8. The van der Waals surface area contributed by atoms with Crippen LogP contribution < -0.4 is 0 Å². The van der Waals surface area contributed by atoms with E-state index in [1.54, 1.807) is 7.11 Å². The van der Waals surface area contributed by atoms with Crippen molar-refractivity contribution in [2.24, 2.45) is 11.3 Å². The molecule has 1 saturated carbocycles. The van der Waals surface area contributed by atoms with Crippen LogP contribution >= 0.6 is 0 Å². The van der Waals surface area contributed by atoms with Crippen molar-refractivity contribution in [3.05, 3.63) is 0 Å². The lowest BCUT2D eigenvalue weighted by atomic mass is 9.69. The van der Waals surface area contributed by atoms with E-state index in [0.717, 1.165) is 18.8 Å². The van der Waals surface area contributed by atoms with E-state index in [1.807, 2.05) is 0 Å². The highest BCUT2D eigenvalue weighted by molar-refractivity contribution is 4.87. The smallest absolute Gasteiger partial charge is 0.147 e. The van der Waals surface area contributed by atoms with E-state index in [2.05, 4.69) is 27.7 Å². The summed E-state index contributed by atoms with van der Waals surface area (Å²) in [6.07, 6.45) is 4.81. The molecule has 1 aliphatic carbocycles. The number of rotatable bonds is 6. The molecule has 3 heteroatoms. The van der Waals surface area contributed by atoms with Gasteiger partial charge in [0.05, 0.1) is 18.8 Å². The van der Waals surface area contributed by atoms with Gasteiger partial charge < -0.3 is 14.2 Å². The summed E-state index contributed by atoms with van der Waals surface area (Å²) < 4.78 is 16.2. The lowest BCUT2D eigenvalue weighted by molar-refractivity contribution is -0.157. The lowest BCUT2D eigenvalue weighted by Crippen LogP contribution is -2.38. The van der Waals surface area contributed by atoms with Crippen LogP contribution in [-0.4, -0.2) is 32.7 Å². The quantitative estimate of drug-likeness (QED) is 0.538. The fourth-order valence-corrected chi connectivity index (χ4v) is 2.62. The Balaban J connectivity index is 2.23. The lowest BCUT2D eigenvalue weighted by Gasteiger charge is -2.42. The predicted molar refractivity (Wildman–Crippen MR) is 73.6 cm³/mol. The highest BCUT2D eigenvalue weighted by Crippen LogP contribution is 2.42. The molecule has 18 heavy (non-hydrogen) atoms. The Labute approximate surface area is 112 Å². The standard InChI is InChI=1S/C15H30O3/c1-14(2,3)13-6-8-15(4,9-7-13)18-12-17-11-10-16-5/h13H,6-12H2,1-5H3. The van der Waals surface area contributed by atoms with E-state index in [1.165, 1.54) is 12.8 Å². The molecule has 0 bridgehead atoms. The minimum atomic E-state index is 0.00875. The highest BCUT2D eigenvalue weighted by Gasteiger charge is 2.36. The van der Waals surface area contributed by atoms with Crippen LogP contribution in [0.15, 0.2) is 0 Å². The van der Waals surface area contributed by atoms with Crippen molar-refractivity contribution in [1.82, 2.24) is 0 Å². The van der Waals surface area contributed by atoms with Crippen LogP contribution in [0.25, 0.3) is 0 Å². The molecule has 0 atom stereocenters. The summed E-state index contributed by atoms with van der Waals surface area (Å²) in [6, 6.07) is 0. The second-order valence-corrected chi connectivity index (χ2v) is 6.75. The van der Waals surface area contributed by atoms with Gasteiger partial charge in [0, 0.05) is 7.11 Å². The number of hydrogen-bond donors (Lipinski definition) is 0. The van der Waals surface area contributed by atoms with Crippen molar-refractivity contribution in [2.45, 2.75) is 59.0 Å².